The summed E-state index contributed by atoms with van der Waals surface area (Å²) in [6.07, 6.45) is 0. The van der Waals surface area contributed by atoms with Crippen LogP contribution in [0.5, 0.6) is 0 Å². The van der Waals surface area contributed by atoms with Gasteiger partial charge in [-0.15, -0.1) is 0 Å². The zero-order valence-corrected chi connectivity index (χ0v) is 10.7. The molecule has 2 aromatic carbocycles. The lowest BCUT2D eigenvalue weighted by Gasteiger charge is -2.11. The van der Waals surface area contributed by atoms with E-state index in [0.29, 0.717) is 12.1 Å². The number of carboxylic acids is 1. The van der Waals surface area contributed by atoms with Crippen LogP contribution in [-0.4, -0.2) is 11.1 Å². The predicted molar refractivity (Wildman–Crippen MR) is 67.7 cm³/mol. The second-order valence-corrected chi connectivity index (χ2v) is 4.33. The maximum Gasteiger partial charge on any atom is 0.335 e. The van der Waals surface area contributed by atoms with E-state index >= 15 is 0 Å². The molecule has 2 N–H and O–H groups in total. The van der Waals surface area contributed by atoms with Crippen molar-refractivity contribution in [3.8, 4) is 0 Å². The van der Waals surface area contributed by atoms with Crippen molar-refractivity contribution < 1.29 is 27.5 Å². The minimum Gasteiger partial charge on any atom is -0.478 e. The summed E-state index contributed by atoms with van der Waals surface area (Å²) < 4.78 is 54.4. The number of rotatable bonds is 3. The molecule has 7 heteroatoms. The Bertz CT molecular complexity index is 708. The predicted octanol–water partition coefficient (Wildman–Crippen LogP) is 3.99. The fraction of sp³-hybridized carbons (Fsp3) is 0.0714. The Kier molecular flexibility index (Phi) is 3.84. The van der Waals surface area contributed by atoms with Crippen molar-refractivity contribution in [2.24, 2.45) is 0 Å². The Balaban J connectivity index is 2.45. The molecule has 110 valence electrons. The van der Waals surface area contributed by atoms with Gasteiger partial charge in [-0.1, -0.05) is 0 Å². The number of benzene rings is 2. The molecule has 2 rings (SSSR count). The SMILES string of the molecule is Cc1cc(F)c(Nc2c(F)cc(C(=O)O)cc2F)cc1F. The topological polar surface area (TPSA) is 49.3 Å². The molecule has 0 atom stereocenters. The Morgan fingerprint density at radius 3 is 2.05 bits per heavy atom. The first-order valence-corrected chi connectivity index (χ1v) is 5.74. The van der Waals surface area contributed by atoms with Crippen molar-refractivity contribution in [1.29, 1.82) is 0 Å². The lowest BCUT2D eigenvalue weighted by Crippen LogP contribution is -2.04. The van der Waals surface area contributed by atoms with Crippen LogP contribution in [0.25, 0.3) is 0 Å². The van der Waals surface area contributed by atoms with Gasteiger partial charge in [-0.2, -0.15) is 0 Å². The number of hydrogen-bond acceptors (Lipinski definition) is 2. The number of aromatic carboxylic acids is 1. The molecule has 0 amide bonds. The van der Waals surface area contributed by atoms with Crippen LogP contribution < -0.4 is 5.32 Å². The van der Waals surface area contributed by atoms with Crippen molar-refractivity contribution in [3.05, 3.63) is 58.7 Å². The number of carbonyl (C=O) groups is 1. The summed E-state index contributed by atoms with van der Waals surface area (Å²) in [5.74, 6) is -5.61. The molecule has 0 radical (unpaired) electrons. The maximum atomic E-state index is 13.7. The largest absolute Gasteiger partial charge is 0.478 e. The van der Waals surface area contributed by atoms with Gasteiger partial charge in [0, 0.05) is 6.07 Å². The number of aryl methyl sites for hydroxylation is 1. The third-order valence-corrected chi connectivity index (χ3v) is 2.80. The molecule has 0 saturated heterocycles. The van der Waals surface area contributed by atoms with Gasteiger partial charge in [0.05, 0.1) is 11.3 Å². The third-order valence-electron chi connectivity index (χ3n) is 2.80. The van der Waals surface area contributed by atoms with E-state index in [4.69, 9.17) is 5.11 Å². The molecule has 0 aliphatic heterocycles. The number of hydrogen-bond donors (Lipinski definition) is 2. The molecule has 3 nitrogen and oxygen atoms in total. The molecule has 0 aliphatic rings. The van der Waals surface area contributed by atoms with E-state index in [1.807, 2.05) is 0 Å². The zero-order chi connectivity index (χ0) is 15.7. The summed E-state index contributed by atoms with van der Waals surface area (Å²) >= 11 is 0. The van der Waals surface area contributed by atoms with Crippen molar-refractivity contribution in [2.45, 2.75) is 6.92 Å². The monoisotopic (exact) mass is 299 g/mol. The minimum absolute atomic E-state index is 0.0419. The van der Waals surface area contributed by atoms with Crippen LogP contribution in [-0.2, 0) is 0 Å². The van der Waals surface area contributed by atoms with Crippen LogP contribution >= 0.6 is 0 Å². The van der Waals surface area contributed by atoms with Crippen molar-refractivity contribution >= 4 is 17.3 Å². The minimum atomic E-state index is -1.51. The van der Waals surface area contributed by atoms with Crippen LogP contribution in [0, 0.1) is 30.2 Å². The first-order chi connectivity index (χ1) is 9.79. The van der Waals surface area contributed by atoms with E-state index < -0.39 is 46.2 Å². The van der Waals surface area contributed by atoms with Gasteiger partial charge in [0.2, 0.25) is 0 Å². The summed E-state index contributed by atoms with van der Waals surface area (Å²) in [6.45, 7) is 1.34. The molecule has 0 unspecified atom stereocenters. The molecule has 0 fully saturated rings. The summed E-state index contributed by atoms with van der Waals surface area (Å²) in [7, 11) is 0. The fourth-order valence-electron chi connectivity index (χ4n) is 1.69. The lowest BCUT2D eigenvalue weighted by atomic mass is 10.1. The molecule has 0 heterocycles. The van der Waals surface area contributed by atoms with Gasteiger partial charge in [-0.25, -0.2) is 22.4 Å². The molecular formula is C14H9F4NO2. The highest BCUT2D eigenvalue weighted by molar-refractivity contribution is 5.88. The van der Waals surface area contributed by atoms with E-state index in [9.17, 15) is 22.4 Å². The number of carboxylic acid groups (broad SMARTS) is 1. The average Bonchev–Trinajstić information content (AvgIpc) is 2.39. The van der Waals surface area contributed by atoms with Crippen molar-refractivity contribution in [2.75, 3.05) is 5.32 Å². The Labute approximate surface area is 116 Å². The van der Waals surface area contributed by atoms with E-state index in [2.05, 4.69) is 5.32 Å². The summed E-state index contributed by atoms with van der Waals surface area (Å²) in [6, 6.07) is 2.79. The first-order valence-electron chi connectivity index (χ1n) is 5.74. The maximum absolute atomic E-state index is 13.7. The average molecular weight is 299 g/mol. The number of anilines is 2. The van der Waals surface area contributed by atoms with Gasteiger partial charge in [0.25, 0.3) is 0 Å². The number of halogens is 4. The van der Waals surface area contributed by atoms with Crippen molar-refractivity contribution in [3.63, 3.8) is 0 Å². The second kappa shape index (κ2) is 5.43. The molecule has 0 aromatic heterocycles. The van der Waals surface area contributed by atoms with Crippen LogP contribution in [0.3, 0.4) is 0 Å². The van der Waals surface area contributed by atoms with Crippen LogP contribution in [0.2, 0.25) is 0 Å². The van der Waals surface area contributed by atoms with E-state index in [0.717, 1.165) is 12.1 Å². The molecule has 0 saturated carbocycles. The number of nitrogens with one attached hydrogen (secondary N) is 1. The second-order valence-electron chi connectivity index (χ2n) is 4.33. The van der Waals surface area contributed by atoms with Gasteiger partial charge < -0.3 is 10.4 Å². The molecule has 0 aliphatic carbocycles. The van der Waals surface area contributed by atoms with Crippen LogP contribution in [0.4, 0.5) is 28.9 Å². The van der Waals surface area contributed by atoms with Gasteiger partial charge in [-0.3, -0.25) is 0 Å². The third kappa shape index (κ3) is 2.96. The smallest absolute Gasteiger partial charge is 0.335 e. The van der Waals surface area contributed by atoms with Crippen molar-refractivity contribution in [1.82, 2.24) is 0 Å². The van der Waals surface area contributed by atoms with Crippen LogP contribution in [0.15, 0.2) is 24.3 Å². The summed E-state index contributed by atoms with van der Waals surface area (Å²) in [5, 5.41) is 10.7. The quantitative estimate of drug-likeness (QED) is 0.842. The molecule has 0 bridgehead atoms. The first kappa shape index (κ1) is 14.8. The highest BCUT2D eigenvalue weighted by Crippen LogP contribution is 2.27. The Morgan fingerprint density at radius 1 is 0.952 bits per heavy atom. The molecule has 21 heavy (non-hydrogen) atoms. The van der Waals surface area contributed by atoms with E-state index in [-0.39, 0.29) is 5.56 Å². The van der Waals surface area contributed by atoms with Gasteiger partial charge in [-0.05, 0) is 30.7 Å². The highest BCUT2D eigenvalue weighted by atomic mass is 19.1. The molecular weight excluding hydrogens is 290 g/mol. The van der Waals surface area contributed by atoms with E-state index in [1.165, 1.54) is 6.92 Å². The lowest BCUT2D eigenvalue weighted by molar-refractivity contribution is 0.0696. The standard InChI is InChI=1S/C14H9F4NO2/c1-6-2-9(16)12(5-8(6)15)19-13-10(17)3-7(14(20)21)4-11(13)18/h2-5,19H,1H3,(H,20,21). The summed E-state index contributed by atoms with van der Waals surface area (Å²) in [5.41, 5.74) is -1.77. The Morgan fingerprint density at radius 2 is 1.52 bits per heavy atom. The zero-order valence-electron chi connectivity index (χ0n) is 10.7. The van der Waals surface area contributed by atoms with E-state index in [1.54, 1.807) is 0 Å². The Hall–Kier alpha value is -2.57. The van der Waals surface area contributed by atoms with Gasteiger partial charge >= 0.3 is 5.97 Å². The highest BCUT2D eigenvalue weighted by Gasteiger charge is 2.17. The molecule has 2 aromatic rings. The summed E-state index contributed by atoms with van der Waals surface area (Å²) in [4.78, 5) is 10.6. The normalized spacial score (nSPS) is 10.5. The van der Waals surface area contributed by atoms with Crippen LogP contribution in [0.1, 0.15) is 15.9 Å². The fourth-order valence-corrected chi connectivity index (χ4v) is 1.69. The van der Waals surface area contributed by atoms with Gasteiger partial charge in [0.1, 0.15) is 17.3 Å². The molecule has 0 spiro atoms. The van der Waals surface area contributed by atoms with Gasteiger partial charge in [0.15, 0.2) is 11.6 Å².